The van der Waals surface area contributed by atoms with Crippen molar-refractivity contribution < 1.29 is 0 Å². The molecule has 0 aliphatic heterocycles. The van der Waals surface area contributed by atoms with Crippen molar-refractivity contribution in [1.82, 2.24) is 5.32 Å². The van der Waals surface area contributed by atoms with Crippen LogP contribution < -0.4 is 10.2 Å². The van der Waals surface area contributed by atoms with E-state index < -0.39 is 0 Å². The van der Waals surface area contributed by atoms with E-state index in [4.69, 9.17) is 11.6 Å². The average molecular weight is 293 g/mol. The predicted octanol–water partition coefficient (Wildman–Crippen LogP) is 4.22. The molecule has 0 unspecified atom stereocenters. The maximum atomic E-state index is 6.21. The normalized spacial score (nSPS) is 19.5. The summed E-state index contributed by atoms with van der Waals surface area (Å²) in [6.07, 6.45) is 8.26. The van der Waals surface area contributed by atoms with Gasteiger partial charge in [-0.05, 0) is 49.3 Å². The van der Waals surface area contributed by atoms with Gasteiger partial charge in [0.2, 0.25) is 0 Å². The van der Waals surface area contributed by atoms with Crippen molar-refractivity contribution in [2.75, 3.05) is 18.5 Å². The van der Waals surface area contributed by atoms with Gasteiger partial charge in [0.25, 0.3) is 0 Å². The summed E-state index contributed by atoms with van der Waals surface area (Å²) in [5, 5.41) is 4.45. The fourth-order valence-electron chi connectivity index (χ4n) is 3.26. The van der Waals surface area contributed by atoms with E-state index in [9.17, 15) is 0 Å². The Bertz CT molecular complexity index is 450. The number of nitrogens with zero attached hydrogens (tertiary/aromatic N) is 1. The van der Waals surface area contributed by atoms with Gasteiger partial charge >= 0.3 is 0 Å². The van der Waals surface area contributed by atoms with Crippen LogP contribution in [0.1, 0.15) is 44.1 Å². The summed E-state index contributed by atoms with van der Waals surface area (Å²) in [5.74, 6) is 0.864. The van der Waals surface area contributed by atoms with E-state index in [1.165, 1.54) is 49.8 Å². The highest BCUT2D eigenvalue weighted by atomic mass is 35.5. The molecule has 0 amide bonds. The molecule has 3 heteroatoms. The third kappa shape index (κ3) is 3.67. The van der Waals surface area contributed by atoms with Crippen LogP contribution in [0.2, 0.25) is 5.02 Å². The Kier molecular flexibility index (Phi) is 4.52. The van der Waals surface area contributed by atoms with Gasteiger partial charge in [0, 0.05) is 36.9 Å². The summed E-state index contributed by atoms with van der Waals surface area (Å²) in [4.78, 5) is 2.41. The highest BCUT2D eigenvalue weighted by molar-refractivity contribution is 6.30. The molecule has 0 radical (unpaired) electrons. The SMILES string of the molecule is CN(CC1CCCC1)c1cc(Cl)ccc1CNC1CC1. The quantitative estimate of drug-likeness (QED) is 0.844. The minimum atomic E-state index is 0.749. The summed E-state index contributed by atoms with van der Waals surface area (Å²) < 4.78 is 0. The lowest BCUT2D eigenvalue weighted by atomic mass is 10.1. The number of halogens is 1. The first-order chi connectivity index (χ1) is 9.72. The largest absolute Gasteiger partial charge is 0.374 e. The van der Waals surface area contributed by atoms with E-state index in [1.54, 1.807) is 0 Å². The zero-order valence-electron chi connectivity index (χ0n) is 12.4. The molecule has 0 heterocycles. The van der Waals surface area contributed by atoms with Crippen LogP contribution in [0.4, 0.5) is 5.69 Å². The molecule has 0 bridgehead atoms. The fraction of sp³-hybridized carbons (Fsp3) is 0.647. The second-order valence-electron chi connectivity index (χ2n) is 6.46. The van der Waals surface area contributed by atoms with Crippen LogP contribution in [0, 0.1) is 5.92 Å². The molecule has 1 aromatic rings. The second kappa shape index (κ2) is 6.36. The molecule has 2 nitrogen and oxygen atoms in total. The molecule has 2 saturated carbocycles. The van der Waals surface area contributed by atoms with Gasteiger partial charge in [0.15, 0.2) is 0 Å². The number of nitrogens with one attached hydrogen (secondary N) is 1. The molecule has 1 aromatic carbocycles. The van der Waals surface area contributed by atoms with Crippen LogP contribution >= 0.6 is 11.6 Å². The standard InChI is InChI=1S/C17H25ClN2/c1-20(12-13-4-2-3-5-13)17-10-15(18)7-6-14(17)11-19-16-8-9-16/h6-7,10,13,16,19H,2-5,8-9,11-12H2,1H3. The highest BCUT2D eigenvalue weighted by Gasteiger charge is 2.22. The molecule has 2 fully saturated rings. The van der Waals surface area contributed by atoms with Crippen molar-refractivity contribution in [2.24, 2.45) is 5.92 Å². The first kappa shape index (κ1) is 14.2. The molecule has 0 spiro atoms. The summed E-state index contributed by atoms with van der Waals surface area (Å²) in [5.41, 5.74) is 2.68. The predicted molar refractivity (Wildman–Crippen MR) is 86.5 cm³/mol. The van der Waals surface area contributed by atoms with Crippen LogP contribution in [-0.4, -0.2) is 19.6 Å². The van der Waals surface area contributed by atoms with Gasteiger partial charge in [-0.1, -0.05) is 30.5 Å². The van der Waals surface area contributed by atoms with E-state index in [2.05, 4.69) is 29.4 Å². The topological polar surface area (TPSA) is 15.3 Å². The maximum Gasteiger partial charge on any atom is 0.0426 e. The number of rotatable bonds is 6. The smallest absolute Gasteiger partial charge is 0.0426 e. The lowest BCUT2D eigenvalue weighted by molar-refractivity contribution is 0.545. The molecule has 0 aromatic heterocycles. The Hall–Kier alpha value is -0.730. The molecular weight excluding hydrogens is 268 g/mol. The zero-order chi connectivity index (χ0) is 13.9. The Morgan fingerprint density at radius 3 is 2.65 bits per heavy atom. The van der Waals surface area contributed by atoms with E-state index >= 15 is 0 Å². The summed E-state index contributed by atoms with van der Waals surface area (Å²) in [6, 6.07) is 7.07. The van der Waals surface area contributed by atoms with Gasteiger partial charge in [-0.3, -0.25) is 0 Å². The van der Waals surface area contributed by atoms with E-state index in [0.717, 1.165) is 30.1 Å². The van der Waals surface area contributed by atoms with E-state index in [-0.39, 0.29) is 0 Å². The molecule has 3 rings (SSSR count). The molecule has 0 atom stereocenters. The van der Waals surface area contributed by atoms with E-state index in [0.29, 0.717) is 0 Å². The van der Waals surface area contributed by atoms with Gasteiger partial charge in [-0.25, -0.2) is 0 Å². The second-order valence-corrected chi connectivity index (χ2v) is 6.90. The van der Waals surface area contributed by atoms with Crippen molar-refractivity contribution in [3.63, 3.8) is 0 Å². The van der Waals surface area contributed by atoms with Crippen molar-refractivity contribution >= 4 is 17.3 Å². The Labute approximate surface area is 127 Å². The molecule has 110 valence electrons. The van der Waals surface area contributed by atoms with E-state index in [1.807, 2.05) is 6.07 Å². The van der Waals surface area contributed by atoms with Crippen LogP contribution in [0.5, 0.6) is 0 Å². The highest BCUT2D eigenvalue weighted by Crippen LogP contribution is 2.30. The van der Waals surface area contributed by atoms with Crippen molar-refractivity contribution in [1.29, 1.82) is 0 Å². The Morgan fingerprint density at radius 1 is 1.20 bits per heavy atom. The van der Waals surface area contributed by atoms with Crippen LogP contribution in [-0.2, 0) is 6.54 Å². The molecule has 1 N–H and O–H groups in total. The third-order valence-corrected chi connectivity index (χ3v) is 4.86. The lowest BCUT2D eigenvalue weighted by Gasteiger charge is -2.26. The first-order valence-electron chi connectivity index (χ1n) is 7.95. The van der Waals surface area contributed by atoms with Crippen molar-refractivity contribution in [2.45, 2.75) is 51.1 Å². The first-order valence-corrected chi connectivity index (χ1v) is 8.33. The molecule has 20 heavy (non-hydrogen) atoms. The van der Waals surface area contributed by atoms with Crippen LogP contribution in [0.15, 0.2) is 18.2 Å². The average Bonchev–Trinajstić information content (AvgIpc) is 3.13. The summed E-state index contributed by atoms with van der Waals surface area (Å²) in [7, 11) is 2.21. The van der Waals surface area contributed by atoms with Gasteiger partial charge in [0.1, 0.15) is 0 Å². The van der Waals surface area contributed by atoms with Crippen LogP contribution in [0.3, 0.4) is 0 Å². The minimum absolute atomic E-state index is 0.749. The van der Waals surface area contributed by atoms with Crippen molar-refractivity contribution in [3.8, 4) is 0 Å². The molecule has 2 aliphatic rings. The van der Waals surface area contributed by atoms with Crippen molar-refractivity contribution in [3.05, 3.63) is 28.8 Å². The number of hydrogen-bond donors (Lipinski definition) is 1. The fourth-order valence-corrected chi connectivity index (χ4v) is 3.43. The zero-order valence-corrected chi connectivity index (χ0v) is 13.1. The Morgan fingerprint density at radius 2 is 1.95 bits per heavy atom. The number of benzene rings is 1. The monoisotopic (exact) mass is 292 g/mol. The Balaban J connectivity index is 1.68. The van der Waals surface area contributed by atoms with Gasteiger partial charge in [-0.2, -0.15) is 0 Å². The summed E-state index contributed by atoms with van der Waals surface area (Å²) in [6.45, 7) is 2.13. The van der Waals surface area contributed by atoms with Crippen LogP contribution in [0.25, 0.3) is 0 Å². The number of anilines is 1. The molecule has 2 aliphatic carbocycles. The lowest BCUT2D eigenvalue weighted by Crippen LogP contribution is -2.26. The van der Waals surface area contributed by atoms with Gasteiger partial charge in [0.05, 0.1) is 0 Å². The number of hydrogen-bond acceptors (Lipinski definition) is 2. The van der Waals surface area contributed by atoms with Gasteiger partial charge < -0.3 is 10.2 Å². The molecular formula is C17H25ClN2. The maximum absolute atomic E-state index is 6.21. The molecule has 0 saturated heterocycles. The summed E-state index contributed by atoms with van der Waals surface area (Å²) >= 11 is 6.21. The van der Waals surface area contributed by atoms with Gasteiger partial charge in [-0.15, -0.1) is 0 Å². The minimum Gasteiger partial charge on any atom is -0.374 e. The third-order valence-electron chi connectivity index (χ3n) is 4.62.